The number of hydrogen-bond donors (Lipinski definition) is 0. The Morgan fingerprint density at radius 2 is 2.08 bits per heavy atom. The Labute approximate surface area is 77.1 Å². The molecule has 1 heteroatoms. The molecule has 1 fully saturated rings. The van der Waals surface area contributed by atoms with E-state index in [9.17, 15) is 0 Å². The van der Waals surface area contributed by atoms with Crippen molar-refractivity contribution in [3.63, 3.8) is 0 Å². The molecule has 1 heterocycles. The normalized spacial score (nSPS) is 30.2. The van der Waals surface area contributed by atoms with Crippen LogP contribution < -0.4 is 0 Å². The summed E-state index contributed by atoms with van der Waals surface area (Å²) in [5.41, 5.74) is 0. The summed E-state index contributed by atoms with van der Waals surface area (Å²) >= 11 is 0. The maximum Gasteiger partial charge on any atom is 0.0226 e. The maximum absolute atomic E-state index is 2.63. The molecule has 1 rings (SSSR count). The first-order valence-electron chi connectivity index (χ1n) is 5.55. The molecule has 72 valence electrons. The third kappa shape index (κ3) is 2.78. The molecule has 1 aliphatic heterocycles. The highest BCUT2D eigenvalue weighted by Gasteiger charge is 2.35. The van der Waals surface area contributed by atoms with Crippen LogP contribution in [0.15, 0.2) is 0 Å². The van der Waals surface area contributed by atoms with Crippen molar-refractivity contribution in [3.05, 3.63) is 0 Å². The van der Waals surface area contributed by atoms with E-state index in [2.05, 4.69) is 25.7 Å². The summed E-state index contributed by atoms with van der Waals surface area (Å²) in [6, 6.07) is 1.78. The fourth-order valence-electron chi connectivity index (χ4n) is 1.86. The Bertz CT molecular complexity index is 122. The van der Waals surface area contributed by atoms with Gasteiger partial charge in [-0.05, 0) is 19.8 Å². The minimum Gasteiger partial charge on any atom is -0.295 e. The molecule has 0 bridgehead atoms. The highest BCUT2D eigenvalue weighted by Crippen LogP contribution is 2.27. The van der Waals surface area contributed by atoms with E-state index in [0.717, 1.165) is 12.1 Å². The lowest BCUT2D eigenvalue weighted by Gasteiger charge is -2.10. The van der Waals surface area contributed by atoms with Gasteiger partial charge in [0, 0.05) is 18.6 Å². The van der Waals surface area contributed by atoms with Crippen molar-refractivity contribution in [2.24, 2.45) is 0 Å². The standard InChI is InChI=1S/C11H23N/c1-4-6-7-8-11-9-12(11)10(3)5-2/h10-11H,4-9H2,1-3H3. The molecule has 0 saturated carbocycles. The Balaban J connectivity index is 2.00. The fraction of sp³-hybridized carbons (Fsp3) is 1.00. The van der Waals surface area contributed by atoms with Gasteiger partial charge in [0.15, 0.2) is 0 Å². The van der Waals surface area contributed by atoms with Gasteiger partial charge in [-0.2, -0.15) is 0 Å². The fourth-order valence-corrected chi connectivity index (χ4v) is 1.86. The van der Waals surface area contributed by atoms with Gasteiger partial charge in [0.1, 0.15) is 0 Å². The first kappa shape index (κ1) is 10.0. The second-order valence-electron chi connectivity index (χ2n) is 4.10. The van der Waals surface area contributed by atoms with Crippen molar-refractivity contribution in [1.29, 1.82) is 0 Å². The van der Waals surface area contributed by atoms with Crippen LogP contribution in [0.5, 0.6) is 0 Å². The van der Waals surface area contributed by atoms with E-state index in [1.54, 1.807) is 0 Å². The van der Waals surface area contributed by atoms with E-state index >= 15 is 0 Å². The SMILES string of the molecule is CCCCCC1CN1C(C)CC. The zero-order valence-corrected chi connectivity index (χ0v) is 8.84. The van der Waals surface area contributed by atoms with Crippen LogP contribution in [0.3, 0.4) is 0 Å². The van der Waals surface area contributed by atoms with Crippen LogP contribution in [0, 0.1) is 0 Å². The molecule has 0 aromatic carbocycles. The van der Waals surface area contributed by atoms with Crippen LogP contribution in [0.4, 0.5) is 0 Å². The van der Waals surface area contributed by atoms with E-state index in [1.165, 1.54) is 38.6 Å². The average Bonchev–Trinajstić information content (AvgIpc) is 2.83. The van der Waals surface area contributed by atoms with Crippen molar-refractivity contribution in [2.45, 2.75) is 65.0 Å². The monoisotopic (exact) mass is 169 g/mol. The molecule has 12 heavy (non-hydrogen) atoms. The van der Waals surface area contributed by atoms with Crippen molar-refractivity contribution < 1.29 is 0 Å². The van der Waals surface area contributed by atoms with Gasteiger partial charge >= 0.3 is 0 Å². The Kier molecular flexibility index (Phi) is 4.07. The van der Waals surface area contributed by atoms with Gasteiger partial charge in [-0.25, -0.2) is 0 Å². The van der Waals surface area contributed by atoms with Gasteiger partial charge in [0.25, 0.3) is 0 Å². The van der Waals surface area contributed by atoms with Crippen LogP contribution >= 0.6 is 0 Å². The third-order valence-corrected chi connectivity index (χ3v) is 3.05. The molecule has 1 nitrogen and oxygen atoms in total. The van der Waals surface area contributed by atoms with Crippen LogP contribution in [-0.4, -0.2) is 23.5 Å². The Hall–Kier alpha value is -0.0400. The minimum atomic E-state index is 0.830. The molecule has 0 radical (unpaired) electrons. The summed E-state index contributed by atoms with van der Waals surface area (Å²) in [5.74, 6) is 0. The second kappa shape index (κ2) is 4.86. The Morgan fingerprint density at radius 3 is 2.67 bits per heavy atom. The summed E-state index contributed by atoms with van der Waals surface area (Å²) in [6.45, 7) is 8.28. The molecular weight excluding hydrogens is 146 g/mol. The molecule has 0 amide bonds. The topological polar surface area (TPSA) is 3.01 Å². The third-order valence-electron chi connectivity index (χ3n) is 3.05. The highest BCUT2D eigenvalue weighted by molar-refractivity contribution is 4.91. The maximum atomic E-state index is 2.63. The van der Waals surface area contributed by atoms with E-state index in [-0.39, 0.29) is 0 Å². The summed E-state index contributed by atoms with van der Waals surface area (Å²) < 4.78 is 0. The zero-order chi connectivity index (χ0) is 8.97. The molecule has 1 aliphatic rings. The molecule has 3 atom stereocenters. The number of unbranched alkanes of at least 4 members (excludes halogenated alkanes) is 2. The van der Waals surface area contributed by atoms with Gasteiger partial charge in [0.2, 0.25) is 0 Å². The molecule has 0 aliphatic carbocycles. The molecule has 0 aromatic heterocycles. The molecule has 1 saturated heterocycles. The first-order chi connectivity index (χ1) is 5.79. The van der Waals surface area contributed by atoms with Crippen molar-refractivity contribution in [3.8, 4) is 0 Å². The molecule has 0 aromatic rings. The van der Waals surface area contributed by atoms with E-state index in [0.29, 0.717) is 0 Å². The summed E-state index contributed by atoms with van der Waals surface area (Å²) in [7, 11) is 0. The van der Waals surface area contributed by atoms with Gasteiger partial charge < -0.3 is 0 Å². The van der Waals surface area contributed by atoms with Gasteiger partial charge in [-0.1, -0.05) is 33.1 Å². The van der Waals surface area contributed by atoms with Crippen LogP contribution in [0.2, 0.25) is 0 Å². The minimum absolute atomic E-state index is 0.830. The summed E-state index contributed by atoms with van der Waals surface area (Å²) in [5, 5.41) is 0. The van der Waals surface area contributed by atoms with Crippen molar-refractivity contribution in [2.75, 3.05) is 6.54 Å². The predicted octanol–water partition coefficient (Wildman–Crippen LogP) is 3.05. The van der Waals surface area contributed by atoms with Gasteiger partial charge in [0.05, 0.1) is 0 Å². The predicted molar refractivity (Wildman–Crippen MR) is 54.4 cm³/mol. The number of hydrogen-bond acceptors (Lipinski definition) is 1. The largest absolute Gasteiger partial charge is 0.295 e. The van der Waals surface area contributed by atoms with E-state index in [4.69, 9.17) is 0 Å². The quantitative estimate of drug-likeness (QED) is 0.436. The number of nitrogens with zero attached hydrogens (tertiary/aromatic N) is 1. The van der Waals surface area contributed by atoms with Crippen LogP contribution in [-0.2, 0) is 0 Å². The number of rotatable bonds is 6. The Morgan fingerprint density at radius 1 is 1.33 bits per heavy atom. The van der Waals surface area contributed by atoms with E-state index in [1.807, 2.05) is 0 Å². The van der Waals surface area contributed by atoms with E-state index < -0.39 is 0 Å². The molecular formula is C11H23N. The van der Waals surface area contributed by atoms with Gasteiger partial charge in [-0.15, -0.1) is 0 Å². The summed E-state index contributed by atoms with van der Waals surface area (Å²) in [6.07, 6.45) is 6.97. The lowest BCUT2D eigenvalue weighted by atomic mass is 10.1. The second-order valence-corrected chi connectivity index (χ2v) is 4.10. The first-order valence-corrected chi connectivity index (χ1v) is 5.55. The van der Waals surface area contributed by atoms with Crippen LogP contribution in [0.25, 0.3) is 0 Å². The molecule has 0 spiro atoms. The van der Waals surface area contributed by atoms with Gasteiger partial charge in [-0.3, -0.25) is 4.90 Å². The average molecular weight is 169 g/mol. The lowest BCUT2D eigenvalue weighted by Crippen LogP contribution is -2.15. The zero-order valence-electron chi connectivity index (χ0n) is 8.84. The summed E-state index contributed by atoms with van der Waals surface area (Å²) in [4.78, 5) is 2.63. The smallest absolute Gasteiger partial charge is 0.0226 e. The van der Waals surface area contributed by atoms with Crippen molar-refractivity contribution >= 4 is 0 Å². The molecule has 3 unspecified atom stereocenters. The highest BCUT2D eigenvalue weighted by atomic mass is 15.3. The van der Waals surface area contributed by atoms with Crippen LogP contribution in [0.1, 0.15) is 52.9 Å². The molecule has 0 N–H and O–H groups in total. The van der Waals surface area contributed by atoms with Crippen molar-refractivity contribution in [1.82, 2.24) is 4.90 Å². The lowest BCUT2D eigenvalue weighted by molar-refractivity contribution is 0.374.